The average Bonchev–Trinajstić information content (AvgIpc) is 3.03. The Morgan fingerprint density at radius 2 is 1.73 bits per heavy atom. The highest BCUT2D eigenvalue weighted by Crippen LogP contribution is 2.20. The zero-order valence-electron chi connectivity index (χ0n) is 24.7. The summed E-state index contributed by atoms with van der Waals surface area (Å²) in [5, 5.41) is 37.0. The summed E-state index contributed by atoms with van der Waals surface area (Å²) in [6.07, 6.45) is 4.81. The third-order valence-corrected chi connectivity index (χ3v) is 7.35. The van der Waals surface area contributed by atoms with Gasteiger partial charge in [0.2, 0.25) is 34.3 Å². The number of carbonyl (C=O) groups excluding carboxylic acids is 1. The van der Waals surface area contributed by atoms with Crippen molar-refractivity contribution in [1.29, 1.82) is 10.5 Å². The number of halogens is 1. The molecule has 16 nitrogen and oxygen atoms in total. The van der Waals surface area contributed by atoms with Gasteiger partial charge in [-0.05, 0) is 43.5 Å². The molecule has 45 heavy (non-hydrogen) atoms. The summed E-state index contributed by atoms with van der Waals surface area (Å²) in [4.78, 5) is 24.2. The number of sulfonamides is 1. The van der Waals surface area contributed by atoms with E-state index in [4.69, 9.17) is 20.0 Å². The second-order valence-corrected chi connectivity index (χ2v) is 10.8. The first-order valence-electron chi connectivity index (χ1n) is 13.6. The lowest BCUT2D eigenvalue weighted by Crippen LogP contribution is -2.52. The molecule has 0 aliphatic heterocycles. The summed E-state index contributed by atoms with van der Waals surface area (Å²) in [6.45, 7) is 1.33. The van der Waals surface area contributed by atoms with Crippen molar-refractivity contribution >= 4 is 27.8 Å². The Morgan fingerprint density at radius 1 is 1.04 bits per heavy atom. The number of methoxy groups -OCH3 is 2. The molecule has 1 aromatic heterocycles. The highest BCUT2D eigenvalue weighted by molar-refractivity contribution is 7.89. The number of benzene rings is 1. The van der Waals surface area contributed by atoms with Crippen molar-refractivity contribution in [1.82, 2.24) is 30.7 Å². The molecular formula is C27H35FN10O6S. The fourth-order valence-corrected chi connectivity index (χ4v) is 4.88. The number of amides is 1. The van der Waals surface area contributed by atoms with Crippen molar-refractivity contribution in [3.63, 3.8) is 0 Å². The van der Waals surface area contributed by atoms with Gasteiger partial charge in [-0.25, -0.2) is 12.8 Å². The molecule has 0 saturated carbocycles. The molecule has 1 aromatic carbocycles. The van der Waals surface area contributed by atoms with Gasteiger partial charge in [0.05, 0.1) is 18.9 Å². The number of nitrogens with one attached hydrogen (secondary N) is 4. The number of ether oxygens (including phenoxy) is 2. The van der Waals surface area contributed by atoms with Crippen LogP contribution in [-0.2, 0) is 24.3 Å². The van der Waals surface area contributed by atoms with Crippen LogP contribution in [0.3, 0.4) is 0 Å². The summed E-state index contributed by atoms with van der Waals surface area (Å²) >= 11 is 0. The van der Waals surface area contributed by atoms with Gasteiger partial charge < -0.3 is 25.4 Å². The largest absolute Gasteiger partial charge is 0.383 e. The third-order valence-electron chi connectivity index (χ3n) is 5.89. The molecule has 0 aliphatic rings. The van der Waals surface area contributed by atoms with Crippen LogP contribution in [-0.4, -0.2) is 94.6 Å². The number of hydroxylamine groups is 2. The van der Waals surface area contributed by atoms with E-state index in [9.17, 15) is 22.8 Å². The van der Waals surface area contributed by atoms with Gasteiger partial charge in [-0.2, -0.15) is 20.3 Å². The maximum atomic E-state index is 13.6. The fraction of sp³-hybridized carbons (Fsp3) is 0.407. The van der Waals surface area contributed by atoms with Crippen LogP contribution >= 0.6 is 0 Å². The molecule has 2 rings (SSSR count). The second-order valence-electron chi connectivity index (χ2n) is 9.07. The highest BCUT2D eigenvalue weighted by Gasteiger charge is 2.31. The molecule has 1 heterocycles. The van der Waals surface area contributed by atoms with Crippen LogP contribution in [0.1, 0.15) is 19.3 Å². The number of nitriles is 2. The Labute approximate surface area is 260 Å². The van der Waals surface area contributed by atoms with Gasteiger partial charge in [-0.1, -0.05) is 12.1 Å². The number of nitrogens with zero attached hydrogens (tertiary/aromatic N) is 6. The smallest absolute Gasteiger partial charge is 0.271 e. The Morgan fingerprint density at radius 3 is 2.36 bits per heavy atom. The summed E-state index contributed by atoms with van der Waals surface area (Å²) in [6, 6.07) is 6.77. The molecule has 0 fully saturated rings. The predicted octanol–water partition coefficient (Wildman–Crippen LogP) is 0.658. The zero-order valence-corrected chi connectivity index (χ0v) is 25.6. The lowest BCUT2D eigenvalue weighted by Gasteiger charge is -2.24. The van der Waals surface area contributed by atoms with Crippen LogP contribution in [0.15, 0.2) is 57.5 Å². The van der Waals surface area contributed by atoms with E-state index >= 15 is 0 Å². The predicted molar refractivity (Wildman–Crippen MR) is 160 cm³/mol. The van der Waals surface area contributed by atoms with Gasteiger partial charge in [0.1, 0.15) is 16.8 Å². The summed E-state index contributed by atoms with van der Waals surface area (Å²) < 4.78 is 52.4. The van der Waals surface area contributed by atoms with Crippen molar-refractivity contribution in [2.45, 2.75) is 30.2 Å². The first kappa shape index (κ1) is 36.5. The molecule has 2 aromatic rings. The van der Waals surface area contributed by atoms with Crippen LogP contribution in [0.2, 0.25) is 0 Å². The fourth-order valence-electron chi connectivity index (χ4n) is 3.72. The molecule has 5 N–H and O–H groups in total. The average molecular weight is 647 g/mol. The van der Waals surface area contributed by atoms with Crippen LogP contribution in [0.4, 0.5) is 4.39 Å². The van der Waals surface area contributed by atoms with Crippen molar-refractivity contribution in [2.75, 3.05) is 47.1 Å². The number of guanidine groups is 2. The van der Waals surface area contributed by atoms with Crippen molar-refractivity contribution in [2.24, 2.45) is 9.98 Å². The molecule has 0 bridgehead atoms. The van der Waals surface area contributed by atoms with E-state index in [0.29, 0.717) is 37.4 Å². The number of aromatic nitrogens is 1. The molecular weight excluding hydrogens is 611 g/mol. The van der Waals surface area contributed by atoms with Gasteiger partial charge in [0.25, 0.3) is 5.91 Å². The molecule has 0 saturated heterocycles. The number of rotatable bonds is 16. The third kappa shape index (κ3) is 12.4. The van der Waals surface area contributed by atoms with Crippen LogP contribution < -0.4 is 20.7 Å². The lowest BCUT2D eigenvalue weighted by atomic mass is 10.1. The van der Waals surface area contributed by atoms with Crippen molar-refractivity contribution in [3.8, 4) is 23.6 Å². The Kier molecular flexibility index (Phi) is 15.8. The van der Waals surface area contributed by atoms with Crippen molar-refractivity contribution < 1.29 is 32.3 Å². The van der Waals surface area contributed by atoms with Crippen LogP contribution in [0, 0.1) is 28.7 Å². The highest BCUT2D eigenvalue weighted by atomic mass is 32.2. The number of aliphatic imine (C=N–C) groups is 2. The molecule has 1 atom stereocenters. The zero-order chi connectivity index (χ0) is 33.1. The summed E-state index contributed by atoms with van der Waals surface area (Å²) in [5.41, 5.74) is 0.761. The van der Waals surface area contributed by atoms with E-state index in [1.807, 2.05) is 0 Å². The molecule has 0 spiro atoms. The molecule has 242 valence electrons. The molecule has 0 unspecified atom stereocenters. The lowest BCUT2D eigenvalue weighted by molar-refractivity contribution is -0.152. The second kappa shape index (κ2) is 19.5. The topological polar surface area (TPSA) is 226 Å². The minimum absolute atomic E-state index is 0.0625. The monoisotopic (exact) mass is 646 g/mol. The minimum Gasteiger partial charge on any atom is -0.383 e. The van der Waals surface area contributed by atoms with Gasteiger partial charge in [-0.3, -0.25) is 15.0 Å². The van der Waals surface area contributed by atoms with E-state index in [1.54, 1.807) is 12.3 Å². The number of hydrogen-bond acceptors (Lipinski definition) is 11. The maximum Gasteiger partial charge on any atom is 0.271 e. The van der Waals surface area contributed by atoms with Crippen molar-refractivity contribution in [3.05, 3.63) is 48.4 Å². The summed E-state index contributed by atoms with van der Waals surface area (Å²) in [7, 11) is -1.41. The van der Waals surface area contributed by atoms with E-state index in [2.05, 4.69) is 35.6 Å². The molecule has 0 aliphatic carbocycles. The maximum absolute atomic E-state index is 13.6. The van der Waals surface area contributed by atoms with E-state index in [1.165, 1.54) is 50.7 Å². The standard InChI is InChI=1S/C27H35FN10O6S/c1-43-14-12-32-26(35-18-29)31-11-4-3-8-24(25(39)38(40)27(36-19-30)33-13-15-44-2)37-45(41,42)22-9-10-23(34-17-22)20-6-5-7-21(28)16-20/h5-7,9-10,16-17,24,37,40H,3-4,8,11-15H2,1-2H3,(H,33,36)(H2,31,32,35)/t24-/m1/s1. The number of unbranched alkanes of at least 4 members (excludes halogenated alkanes) is 1. The van der Waals surface area contributed by atoms with E-state index in [0.717, 1.165) is 6.20 Å². The first-order valence-corrected chi connectivity index (χ1v) is 15.0. The minimum atomic E-state index is -4.36. The van der Waals surface area contributed by atoms with E-state index in [-0.39, 0.29) is 41.9 Å². The Balaban J connectivity index is 2.21. The van der Waals surface area contributed by atoms with Crippen LogP contribution in [0.25, 0.3) is 11.3 Å². The number of hydrogen-bond donors (Lipinski definition) is 5. The normalized spacial score (nSPS) is 12.5. The molecule has 18 heteroatoms. The van der Waals surface area contributed by atoms with Crippen LogP contribution in [0.5, 0.6) is 0 Å². The Hall–Kier alpha value is -4.72. The Bertz CT molecular complexity index is 1490. The number of carbonyl (C=O) groups is 1. The number of pyridine rings is 1. The first-order chi connectivity index (χ1) is 21.7. The van der Waals surface area contributed by atoms with Gasteiger partial charge in [0.15, 0.2) is 0 Å². The molecule has 0 radical (unpaired) electrons. The molecule has 1 amide bonds. The SMILES string of the molecule is COCCN/C(=N\C#N)NCCCC[C@@H](NS(=O)(=O)c1ccc(-c2cccc(F)c2)nc1)C(=O)N(O)/C(=N/C#N)NCCOC. The van der Waals surface area contributed by atoms with Gasteiger partial charge in [-0.15, -0.1) is 9.98 Å². The summed E-state index contributed by atoms with van der Waals surface area (Å²) in [5.74, 6) is -1.89. The quantitative estimate of drug-likeness (QED) is 0.0423. The van der Waals surface area contributed by atoms with Gasteiger partial charge >= 0.3 is 0 Å². The van der Waals surface area contributed by atoms with E-state index < -0.39 is 33.7 Å². The van der Waals surface area contributed by atoms with Gasteiger partial charge in [0, 0.05) is 45.6 Å².